The third-order valence-electron chi connectivity index (χ3n) is 0.995. The molecule has 9 heavy (non-hydrogen) atoms. The van der Waals surface area contributed by atoms with Gasteiger partial charge in [-0.15, -0.1) is 0 Å². The second kappa shape index (κ2) is 7.28. The lowest BCUT2D eigenvalue weighted by Crippen LogP contribution is -1.67. The second-order valence-electron chi connectivity index (χ2n) is 1.82. The van der Waals surface area contributed by atoms with E-state index in [1.54, 1.807) is 6.26 Å². The van der Waals surface area contributed by atoms with Crippen LogP contribution in [-0.2, 0) is 4.74 Å². The van der Waals surface area contributed by atoms with Crippen molar-refractivity contribution in [3.63, 3.8) is 0 Å². The van der Waals surface area contributed by atoms with Crippen LogP contribution in [0.2, 0.25) is 0 Å². The number of hydrogen-bond acceptors (Lipinski definition) is 1. The molecular formula is C8H14O. The van der Waals surface area contributed by atoms with E-state index in [9.17, 15) is 0 Å². The Morgan fingerprint density at radius 3 is 2.89 bits per heavy atom. The Kier molecular flexibility index (Phi) is 6.70. The Morgan fingerprint density at radius 2 is 2.33 bits per heavy atom. The lowest BCUT2D eigenvalue weighted by Gasteiger charge is -1.88. The first kappa shape index (κ1) is 8.28. The van der Waals surface area contributed by atoms with E-state index in [0.29, 0.717) is 0 Å². The van der Waals surface area contributed by atoms with Crippen molar-refractivity contribution in [2.45, 2.75) is 26.2 Å². The molecule has 0 spiro atoms. The zero-order valence-electron chi connectivity index (χ0n) is 5.97. The Morgan fingerprint density at radius 1 is 1.56 bits per heavy atom. The van der Waals surface area contributed by atoms with Crippen molar-refractivity contribution < 1.29 is 4.74 Å². The van der Waals surface area contributed by atoms with Crippen LogP contribution in [0, 0.1) is 0 Å². The third-order valence-corrected chi connectivity index (χ3v) is 0.995. The predicted molar refractivity (Wildman–Crippen MR) is 39.9 cm³/mol. The van der Waals surface area contributed by atoms with Crippen LogP contribution in [0.5, 0.6) is 0 Å². The van der Waals surface area contributed by atoms with E-state index >= 15 is 0 Å². The van der Waals surface area contributed by atoms with Crippen LogP contribution in [0.3, 0.4) is 0 Å². The first-order valence-electron chi connectivity index (χ1n) is 3.33. The van der Waals surface area contributed by atoms with Crippen LogP contribution >= 0.6 is 0 Å². The van der Waals surface area contributed by atoms with Crippen LogP contribution in [0.4, 0.5) is 0 Å². The SMILES string of the molecule is C=COC=CCCCC. The van der Waals surface area contributed by atoms with Crippen LogP contribution in [0.15, 0.2) is 25.2 Å². The van der Waals surface area contributed by atoms with Gasteiger partial charge in [0.05, 0.1) is 12.5 Å². The maximum Gasteiger partial charge on any atom is 0.0861 e. The van der Waals surface area contributed by atoms with E-state index in [-0.39, 0.29) is 0 Å². The average molecular weight is 126 g/mol. The van der Waals surface area contributed by atoms with Crippen molar-refractivity contribution in [1.82, 2.24) is 0 Å². The van der Waals surface area contributed by atoms with Gasteiger partial charge >= 0.3 is 0 Å². The highest BCUT2D eigenvalue weighted by atomic mass is 16.5. The van der Waals surface area contributed by atoms with Gasteiger partial charge in [0.15, 0.2) is 0 Å². The fourth-order valence-corrected chi connectivity index (χ4v) is 0.501. The number of rotatable bonds is 5. The Balaban J connectivity index is 2.94. The molecule has 52 valence electrons. The van der Waals surface area contributed by atoms with E-state index in [4.69, 9.17) is 4.74 Å². The van der Waals surface area contributed by atoms with Gasteiger partial charge in [0, 0.05) is 0 Å². The molecule has 0 aliphatic rings. The first-order valence-corrected chi connectivity index (χ1v) is 3.33. The molecule has 0 atom stereocenters. The van der Waals surface area contributed by atoms with Crippen LogP contribution in [-0.4, -0.2) is 0 Å². The maximum atomic E-state index is 4.76. The molecule has 0 radical (unpaired) electrons. The Hall–Kier alpha value is -0.720. The van der Waals surface area contributed by atoms with Gasteiger partial charge in [-0.3, -0.25) is 0 Å². The van der Waals surface area contributed by atoms with Crippen molar-refractivity contribution in [3.05, 3.63) is 25.2 Å². The minimum Gasteiger partial charge on any atom is -0.474 e. The molecule has 0 saturated carbocycles. The quantitative estimate of drug-likeness (QED) is 0.406. The summed E-state index contributed by atoms with van der Waals surface area (Å²) in [7, 11) is 0. The van der Waals surface area contributed by atoms with E-state index in [0.717, 1.165) is 6.42 Å². The Labute approximate surface area is 57.0 Å². The normalized spacial score (nSPS) is 9.89. The molecule has 0 aromatic heterocycles. The van der Waals surface area contributed by atoms with E-state index < -0.39 is 0 Å². The molecule has 0 unspecified atom stereocenters. The first-order chi connectivity index (χ1) is 4.41. The molecule has 0 rings (SSSR count). The summed E-state index contributed by atoms with van der Waals surface area (Å²) in [6.07, 6.45) is 8.66. The smallest absolute Gasteiger partial charge is 0.0861 e. The largest absolute Gasteiger partial charge is 0.474 e. The fourth-order valence-electron chi connectivity index (χ4n) is 0.501. The van der Waals surface area contributed by atoms with Crippen LogP contribution in [0.1, 0.15) is 26.2 Å². The summed E-state index contributed by atoms with van der Waals surface area (Å²) in [6.45, 7) is 5.57. The zero-order chi connectivity index (χ0) is 6.95. The molecule has 0 bridgehead atoms. The van der Waals surface area contributed by atoms with Gasteiger partial charge in [-0.2, -0.15) is 0 Å². The molecular weight excluding hydrogens is 112 g/mol. The van der Waals surface area contributed by atoms with Crippen molar-refractivity contribution in [2.24, 2.45) is 0 Å². The van der Waals surface area contributed by atoms with E-state index in [1.807, 2.05) is 6.08 Å². The van der Waals surface area contributed by atoms with Crippen molar-refractivity contribution in [3.8, 4) is 0 Å². The van der Waals surface area contributed by atoms with Gasteiger partial charge in [-0.25, -0.2) is 0 Å². The van der Waals surface area contributed by atoms with Gasteiger partial charge in [0.1, 0.15) is 0 Å². The van der Waals surface area contributed by atoms with Crippen LogP contribution in [0.25, 0.3) is 0 Å². The molecule has 0 aromatic rings. The summed E-state index contributed by atoms with van der Waals surface area (Å²) in [5.74, 6) is 0. The third kappa shape index (κ3) is 7.28. The molecule has 1 nitrogen and oxygen atoms in total. The summed E-state index contributed by atoms with van der Waals surface area (Å²) in [5, 5.41) is 0. The highest BCUT2D eigenvalue weighted by molar-refractivity contribution is 4.74. The lowest BCUT2D eigenvalue weighted by molar-refractivity contribution is 0.402. The van der Waals surface area contributed by atoms with E-state index in [1.165, 1.54) is 19.1 Å². The zero-order valence-corrected chi connectivity index (χ0v) is 5.97. The molecule has 1 heteroatoms. The van der Waals surface area contributed by atoms with Gasteiger partial charge in [0.2, 0.25) is 0 Å². The predicted octanol–water partition coefficient (Wildman–Crippen LogP) is 2.85. The number of unbranched alkanes of at least 4 members (excludes halogenated alkanes) is 2. The molecule has 0 aliphatic carbocycles. The highest BCUT2D eigenvalue weighted by Gasteiger charge is 1.75. The second-order valence-corrected chi connectivity index (χ2v) is 1.82. The molecule has 0 amide bonds. The highest BCUT2D eigenvalue weighted by Crippen LogP contribution is 1.94. The summed E-state index contributed by atoms with van der Waals surface area (Å²) >= 11 is 0. The van der Waals surface area contributed by atoms with E-state index in [2.05, 4.69) is 13.5 Å². The van der Waals surface area contributed by atoms with Crippen molar-refractivity contribution >= 4 is 0 Å². The molecule has 0 aliphatic heterocycles. The van der Waals surface area contributed by atoms with Gasteiger partial charge in [-0.1, -0.05) is 19.9 Å². The summed E-state index contributed by atoms with van der Waals surface area (Å²) in [5.41, 5.74) is 0. The average Bonchev–Trinajstić information content (AvgIpc) is 1.89. The van der Waals surface area contributed by atoms with Gasteiger partial charge < -0.3 is 4.74 Å². The fraction of sp³-hybridized carbons (Fsp3) is 0.500. The molecule has 0 aromatic carbocycles. The van der Waals surface area contributed by atoms with Crippen molar-refractivity contribution in [2.75, 3.05) is 0 Å². The molecule has 0 saturated heterocycles. The molecule has 0 fully saturated rings. The number of ether oxygens (including phenoxy) is 1. The summed E-state index contributed by atoms with van der Waals surface area (Å²) in [6, 6.07) is 0. The van der Waals surface area contributed by atoms with Crippen LogP contribution < -0.4 is 0 Å². The van der Waals surface area contributed by atoms with Gasteiger partial charge in [0.25, 0.3) is 0 Å². The standard InChI is InChI=1S/C8H14O/c1-3-5-6-7-8-9-4-2/h4,7-8H,2-3,5-6H2,1H3. The van der Waals surface area contributed by atoms with Crippen molar-refractivity contribution in [1.29, 1.82) is 0 Å². The Bertz CT molecular complexity index is 84.6. The van der Waals surface area contributed by atoms with Gasteiger partial charge in [-0.05, 0) is 18.9 Å². The summed E-state index contributed by atoms with van der Waals surface area (Å²) < 4.78 is 4.76. The number of hydrogen-bond donors (Lipinski definition) is 0. The minimum atomic E-state index is 1.10. The number of allylic oxidation sites excluding steroid dienone is 1. The molecule has 0 heterocycles. The summed E-state index contributed by atoms with van der Waals surface area (Å²) in [4.78, 5) is 0. The molecule has 0 N–H and O–H groups in total. The topological polar surface area (TPSA) is 9.23 Å². The maximum absolute atomic E-state index is 4.76. The monoisotopic (exact) mass is 126 g/mol. The minimum absolute atomic E-state index is 1.10. The lowest BCUT2D eigenvalue weighted by atomic mass is 10.2.